The van der Waals surface area contributed by atoms with E-state index < -0.39 is 0 Å². The Morgan fingerprint density at radius 2 is 1.96 bits per heavy atom. The summed E-state index contributed by atoms with van der Waals surface area (Å²) in [4.78, 5) is 23.6. The maximum atomic E-state index is 12.3. The average molecular weight is 325 g/mol. The van der Waals surface area contributed by atoms with Gasteiger partial charge in [0.05, 0.1) is 17.9 Å². The first-order chi connectivity index (χ1) is 11.7. The van der Waals surface area contributed by atoms with E-state index >= 15 is 0 Å². The highest BCUT2D eigenvalue weighted by Crippen LogP contribution is 2.32. The Bertz CT molecular complexity index is 835. The van der Waals surface area contributed by atoms with Crippen LogP contribution in [0.3, 0.4) is 0 Å². The molecule has 0 unspecified atom stereocenters. The summed E-state index contributed by atoms with van der Waals surface area (Å²) in [5.74, 6) is 1.13. The number of ether oxygens (including phenoxy) is 2. The fourth-order valence-corrected chi connectivity index (χ4v) is 2.65. The van der Waals surface area contributed by atoms with Gasteiger partial charge in [0.2, 0.25) is 12.7 Å². The van der Waals surface area contributed by atoms with Crippen molar-refractivity contribution >= 4 is 23.2 Å². The van der Waals surface area contributed by atoms with Gasteiger partial charge in [0.25, 0.3) is 5.91 Å². The molecule has 2 aromatic rings. The molecule has 0 bridgehead atoms. The highest BCUT2D eigenvalue weighted by atomic mass is 16.7. The van der Waals surface area contributed by atoms with Gasteiger partial charge in [0, 0.05) is 12.1 Å². The van der Waals surface area contributed by atoms with Crippen LogP contribution in [-0.2, 0) is 11.3 Å². The average Bonchev–Trinajstić information content (AvgIpc) is 3.07. The number of hydrogen-bond acceptors (Lipinski definition) is 5. The molecule has 0 radical (unpaired) electrons. The third-order valence-corrected chi connectivity index (χ3v) is 3.89. The summed E-state index contributed by atoms with van der Waals surface area (Å²) >= 11 is 0. The maximum absolute atomic E-state index is 12.3. The lowest BCUT2D eigenvalue weighted by atomic mass is 10.1. The maximum Gasteiger partial charge on any atom is 0.251 e. The van der Waals surface area contributed by atoms with Gasteiger partial charge in [-0.15, -0.1) is 0 Å². The molecule has 122 valence electrons. The quantitative estimate of drug-likeness (QED) is 0.799. The standard InChI is InChI=1S/C17H15N3O4/c21-16-8-18-13-6-11(2-3-12(13)20-16)17(22)19-7-10-1-4-14-15(5-10)24-9-23-14/h1-6,18H,7-9H2,(H,19,22)(H,20,21). The Labute approximate surface area is 138 Å². The number of nitrogens with one attached hydrogen (secondary N) is 3. The molecule has 7 nitrogen and oxygen atoms in total. The zero-order valence-corrected chi connectivity index (χ0v) is 12.7. The van der Waals surface area contributed by atoms with Crippen molar-refractivity contribution in [2.45, 2.75) is 6.54 Å². The van der Waals surface area contributed by atoms with Crippen LogP contribution in [0.25, 0.3) is 0 Å². The molecular formula is C17H15N3O4. The first-order valence-electron chi connectivity index (χ1n) is 7.53. The molecule has 2 aromatic carbocycles. The van der Waals surface area contributed by atoms with Crippen LogP contribution in [0.15, 0.2) is 36.4 Å². The highest BCUT2D eigenvalue weighted by Gasteiger charge is 2.17. The van der Waals surface area contributed by atoms with E-state index in [4.69, 9.17) is 9.47 Å². The number of benzene rings is 2. The monoisotopic (exact) mass is 325 g/mol. The van der Waals surface area contributed by atoms with Gasteiger partial charge in [-0.3, -0.25) is 9.59 Å². The lowest BCUT2D eigenvalue weighted by molar-refractivity contribution is -0.114. The van der Waals surface area contributed by atoms with E-state index in [0.29, 0.717) is 29.3 Å². The molecule has 2 aliphatic rings. The van der Waals surface area contributed by atoms with Crippen LogP contribution in [0.1, 0.15) is 15.9 Å². The Hall–Kier alpha value is -3.22. The van der Waals surface area contributed by atoms with Gasteiger partial charge in [0.1, 0.15) is 0 Å². The van der Waals surface area contributed by atoms with E-state index in [1.54, 1.807) is 18.2 Å². The molecule has 0 saturated carbocycles. The minimum Gasteiger partial charge on any atom is -0.454 e. The summed E-state index contributed by atoms with van der Waals surface area (Å²) < 4.78 is 10.6. The number of carbonyl (C=O) groups is 2. The molecule has 2 heterocycles. The molecule has 4 rings (SSSR count). The number of fused-ring (bicyclic) bond motifs is 2. The zero-order chi connectivity index (χ0) is 16.5. The van der Waals surface area contributed by atoms with Crippen LogP contribution >= 0.6 is 0 Å². The fraction of sp³-hybridized carbons (Fsp3) is 0.176. The van der Waals surface area contributed by atoms with Crippen molar-refractivity contribution < 1.29 is 19.1 Å². The van der Waals surface area contributed by atoms with E-state index in [0.717, 1.165) is 11.3 Å². The summed E-state index contributed by atoms with van der Waals surface area (Å²) in [7, 11) is 0. The molecular weight excluding hydrogens is 310 g/mol. The van der Waals surface area contributed by atoms with Crippen molar-refractivity contribution in [2.24, 2.45) is 0 Å². The molecule has 0 aromatic heterocycles. The van der Waals surface area contributed by atoms with Gasteiger partial charge in [-0.1, -0.05) is 6.07 Å². The van der Waals surface area contributed by atoms with Gasteiger partial charge in [-0.25, -0.2) is 0 Å². The minimum absolute atomic E-state index is 0.0949. The molecule has 0 spiro atoms. The van der Waals surface area contributed by atoms with E-state index in [2.05, 4.69) is 16.0 Å². The van der Waals surface area contributed by atoms with E-state index in [-0.39, 0.29) is 25.2 Å². The Morgan fingerprint density at radius 3 is 2.88 bits per heavy atom. The molecule has 7 heteroatoms. The smallest absolute Gasteiger partial charge is 0.251 e. The second-order valence-electron chi connectivity index (χ2n) is 5.53. The van der Waals surface area contributed by atoms with Crippen LogP contribution in [0.4, 0.5) is 11.4 Å². The van der Waals surface area contributed by atoms with Crippen LogP contribution in [0.5, 0.6) is 11.5 Å². The van der Waals surface area contributed by atoms with Crippen molar-refractivity contribution in [3.63, 3.8) is 0 Å². The van der Waals surface area contributed by atoms with Gasteiger partial charge < -0.3 is 25.4 Å². The molecule has 2 amide bonds. The number of amides is 2. The third-order valence-electron chi connectivity index (χ3n) is 3.89. The molecule has 0 fully saturated rings. The first-order valence-corrected chi connectivity index (χ1v) is 7.53. The fourth-order valence-electron chi connectivity index (χ4n) is 2.65. The van der Waals surface area contributed by atoms with Crippen LogP contribution in [-0.4, -0.2) is 25.2 Å². The summed E-state index contributed by atoms with van der Waals surface area (Å²) in [6, 6.07) is 10.7. The molecule has 0 aliphatic carbocycles. The summed E-state index contributed by atoms with van der Waals surface area (Å²) in [5.41, 5.74) is 2.87. The topological polar surface area (TPSA) is 88.7 Å². The normalized spacial score (nSPS) is 14.4. The summed E-state index contributed by atoms with van der Waals surface area (Å²) in [6.45, 7) is 0.815. The van der Waals surface area contributed by atoms with Gasteiger partial charge in [0.15, 0.2) is 11.5 Å². The molecule has 24 heavy (non-hydrogen) atoms. The lowest BCUT2D eigenvalue weighted by Crippen LogP contribution is -2.28. The second-order valence-corrected chi connectivity index (χ2v) is 5.53. The van der Waals surface area contributed by atoms with E-state index in [1.165, 1.54) is 0 Å². The molecule has 2 aliphatic heterocycles. The molecule has 3 N–H and O–H groups in total. The number of hydrogen-bond donors (Lipinski definition) is 3. The van der Waals surface area contributed by atoms with Crippen LogP contribution < -0.4 is 25.4 Å². The van der Waals surface area contributed by atoms with E-state index in [1.807, 2.05) is 18.2 Å². The van der Waals surface area contributed by atoms with Gasteiger partial charge in [-0.2, -0.15) is 0 Å². The minimum atomic E-state index is -0.186. The Balaban J connectivity index is 1.44. The lowest BCUT2D eigenvalue weighted by Gasteiger charge is -2.19. The van der Waals surface area contributed by atoms with Gasteiger partial charge in [-0.05, 0) is 35.9 Å². The van der Waals surface area contributed by atoms with Gasteiger partial charge >= 0.3 is 0 Å². The molecule has 0 atom stereocenters. The van der Waals surface area contributed by atoms with E-state index in [9.17, 15) is 9.59 Å². The van der Waals surface area contributed by atoms with Crippen LogP contribution in [0.2, 0.25) is 0 Å². The SMILES string of the molecule is O=C1CNc2cc(C(=O)NCc3ccc4c(c3)OCO4)ccc2N1. The second kappa shape index (κ2) is 5.77. The van der Waals surface area contributed by atoms with Crippen molar-refractivity contribution in [2.75, 3.05) is 24.0 Å². The predicted octanol–water partition coefficient (Wildman–Crippen LogP) is 1.71. The predicted molar refractivity (Wildman–Crippen MR) is 87.3 cm³/mol. The summed E-state index contributed by atoms with van der Waals surface area (Å²) in [6.07, 6.45) is 0. The number of carbonyl (C=O) groups excluding carboxylic acids is 2. The largest absolute Gasteiger partial charge is 0.454 e. The third kappa shape index (κ3) is 2.71. The van der Waals surface area contributed by atoms with Crippen molar-refractivity contribution in [1.82, 2.24) is 5.32 Å². The Morgan fingerprint density at radius 1 is 1.08 bits per heavy atom. The number of anilines is 2. The Kier molecular flexibility index (Phi) is 3.45. The van der Waals surface area contributed by atoms with Crippen molar-refractivity contribution in [3.8, 4) is 11.5 Å². The summed E-state index contributed by atoms with van der Waals surface area (Å²) in [5, 5.41) is 8.61. The number of rotatable bonds is 3. The zero-order valence-electron chi connectivity index (χ0n) is 12.7. The van der Waals surface area contributed by atoms with Crippen LogP contribution in [0, 0.1) is 0 Å². The van der Waals surface area contributed by atoms with Crippen molar-refractivity contribution in [1.29, 1.82) is 0 Å². The highest BCUT2D eigenvalue weighted by molar-refractivity contribution is 6.03. The van der Waals surface area contributed by atoms with Crippen molar-refractivity contribution in [3.05, 3.63) is 47.5 Å². The first kappa shape index (κ1) is 14.4. The molecule has 0 saturated heterocycles.